The topological polar surface area (TPSA) is 29.9 Å². The molecular weight excluding hydrogens is 170 g/mol. The highest BCUT2D eigenvalue weighted by Crippen LogP contribution is 2.20. The summed E-state index contributed by atoms with van der Waals surface area (Å²) in [6.45, 7) is 0. The third kappa shape index (κ3) is 1.75. The molecule has 1 saturated heterocycles. The molecule has 0 aromatic carbocycles. The van der Waals surface area contributed by atoms with Crippen LogP contribution in [0.4, 0.5) is 5.69 Å². The van der Waals surface area contributed by atoms with E-state index in [9.17, 15) is 0 Å². The van der Waals surface area contributed by atoms with Gasteiger partial charge in [-0.1, -0.05) is 0 Å². The van der Waals surface area contributed by atoms with E-state index in [1.165, 1.54) is 17.9 Å². The molecule has 0 amide bonds. The van der Waals surface area contributed by atoms with Gasteiger partial charge in [-0.3, -0.25) is 4.68 Å². The van der Waals surface area contributed by atoms with E-state index in [2.05, 4.69) is 10.4 Å². The molecule has 0 radical (unpaired) electrons. The van der Waals surface area contributed by atoms with E-state index >= 15 is 0 Å². The Morgan fingerprint density at radius 2 is 2.67 bits per heavy atom. The van der Waals surface area contributed by atoms with E-state index in [0.29, 0.717) is 6.04 Å². The van der Waals surface area contributed by atoms with Crippen LogP contribution in [-0.2, 0) is 7.05 Å². The molecule has 1 aromatic heterocycles. The molecular formula is C8H13N3S. The summed E-state index contributed by atoms with van der Waals surface area (Å²) in [6, 6.07) is 0.652. The Labute approximate surface area is 76.5 Å². The summed E-state index contributed by atoms with van der Waals surface area (Å²) in [5, 5.41) is 7.56. The number of aryl methyl sites for hydroxylation is 1. The normalized spacial score (nSPS) is 22.9. The van der Waals surface area contributed by atoms with Gasteiger partial charge in [-0.15, -0.1) is 0 Å². The minimum Gasteiger partial charge on any atom is -0.379 e. The molecule has 0 saturated carbocycles. The van der Waals surface area contributed by atoms with E-state index in [1.807, 2.05) is 35.9 Å². The summed E-state index contributed by atoms with van der Waals surface area (Å²) in [4.78, 5) is 0. The van der Waals surface area contributed by atoms with Gasteiger partial charge in [0.1, 0.15) is 0 Å². The van der Waals surface area contributed by atoms with Gasteiger partial charge in [0, 0.05) is 25.0 Å². The zero-order chi connectivity index (χ0) is 8.39. The summed E-state index contributed by atoms with van der Waals surface area (Å²) in [6.07, 6.45) is 5.17. The minimum absolute atomic E-state index is 0.652. The molecule has 66 valence electrons. The van der Waals surface area contributed by atoms with Crippen LogP contribution in [0.3, 0.4) is 0 Å². The molecule has 0 aliphatic carbocycles. The van der Waals surface area contributed by atoms with Gasteiger partial charge in [0.25, 0.3) is 0 Å². The van der Waals surface area contributed by atoms with Crippen LogP contribution in [0.1, 0.15) is 6.42 Å². The van der Waals surface area contributed by atoms with Crippen molar-refractivity contribution in [2.75, 3.05) is 16.8 Å². The van der Waals surface area contributed by atoms with Crippen molar-refractivity contribution >= 4 is 17.4 Å². The predicted octanol–water partition coefficient (Wildman–Crippen LogP) is 1.34. The van der Waals surface area contributed by atoms with Gasteiger partial charge in [-0.2, -0.15) is 16.9 Å². The van der Waals surface area contributed by atoms with Gasteiger partial charge in [0.2, 0.25) is 0 Å². The van der Waals surface area contributed by atoms with E-state index < -0.39 is 0 Å². The highest BCUT2D eigenvalue weighted by atomic mass is 32.2. The lowest BCUT2D eigenvalue weighted by atomic mass is 10.2. The van der Waals surface area contributed by atoms with E-state index in [-0.39, 0.29) is 0 Å². The largest absolute Gasteiger partial charge is 0.379 e. The Bertz CT molecular complexity index is 253. The summed E-state index contributed by atoms with van der Waals surface area (Å²) < 4.78 is 1.82. The van der Waals surface area contributed by atoms with E-state index in [4.69, 9.17) is 0 Å². The number of anilines is 1. The third-order valence-corrected chi connectivity index (χ3v) is 3.17. The zero-order valence-electron chi connectivity index (χ0n) is 7.16. The van der Waals surface area contributed by atoms with E-state index in [1.54, 1.807) is 0 Å². The second kappa shape index (κ2) is 3.39. The molecule has 2 heterocycles. The smallest absolute Gasteiger partial charge is 0.0728 e. The number of hydrogen-bond acceptors (Lipinski definition) is 3. The molecule has 0 spiro atoms. The third-order valence-electron chi connectivity index (χ3n) is 2.01. The average molecular weight is 183 g/mol. The lowest BCUT2D eigenvalue weighted by Crippen LogP contribution is -2.17. The molecule has 0 bridgehead atoms. The molecule has 1 aliphatic heterocycles. The minimum atomic E-state index is 0.652. The van der Waals surface area contributed by atoms with Crippen molar-refractivity contribution in [3.05, 3.63) is 12.4 Å². The van der Waals surface area contributed by atoms with Crippen molar-refractivity contribution in [3.8, 4) is 0 Å². The van der Waals surface area contributed by atoms with Gasteiger partial charge in [-0.25, -0.2) is 0 Å². The summed E-state index contributed by atoms with van der Waals surface area (Å²) in [5.74, 6) is 2.52. The maximum Gasteiger partial charge on any atom is 0.0728 e. The number of thioether (sulfide) groups is 1. The summed E-state index contributed by atoms with van der Waals surface area (Å²) >= 11 is 2.02. The Hall–Kier alpha value is -0.640. The lowest BCUT2D eigenvalue weighted by Gasteiger charge is -2.09. The number of rotatable bonds is 2. The quantitative estimate of drug-likeness (QED) is 0.750. The van der Waals surface area contributed by atoms with Gasteiger partial charge >= 0.3 is 0 Å². The van der Waals surface area contributed by atoms with E-state index in [0.717, 1.165) is 5.69 Å². The van der Waals surface area contributed by atoms with Crippen molar-refractivity contribution in [3.63, 3.8) is 0 Å². The van der Waals surface area contributed by atoms with Crippen molar-refractivity contribution in [2.45, 2.75) is 12.5 Å². The Morgan fingerprint density at radius 3 is 3.25 bits per heavy atom. The Morgan fingerprint density at radius 1 is 1.75 bits per heavy atom. The van der Waals surface area contributed by atoms with Crippen LogP contribution in [0.5, 0.6) is 0 Å². The highest BCUT2D eigenvalue weighted by Gasteiger charge is 2.14. The first-order valence-corrected chi connectivity index (χ1v) is 5.33. The van der Waals surface area contributed by atoms with Crippen LogP contribution in [-0.4, -0.2) is 27.3 Å². The SMILES string of the molecule is Cn1cc(N[C@@H]2CCSC2)cn1. The lowest BCUT2D eigenvalue weighted by molar-refractivity contribution is 0.767. The second-order valence-electron chi connectivity index (χ2n) is 3.11. The van der Waals surface area contributed by atoms with Crippen LogP contribution in [0.15, 0.2) is 12.4 Å². The predicted molar refractivity (Wildman–Crippen MR) is 52.6 cm³/mol. The average Bonchev–Trinajstić information content (AvgIpc) is 2.63. The van der Waals surface area contributed by atoms with Crippen molar-refractivity contribution in [1.29, 1.82) is 0 Å². The van der Waals surface area contributed by atoms with Crippen molar-refractivity contribution in [2.24, 2.45) is 7.05 Å². The fourth-order valence-electron chi connectivity index (χ4n) is 1.38. The first-order chi connectivity index (χ1) is 5.84. The first kappa shape index (κ1) is 7.98. The number of nitrogens with zero attached hydrogens (tertiary/aromatic N) is 2. The molecule has 1 N–H and O–H groups in total. The molecule has 3 nitrogen and oxygen atoms in total. The van der Waals surface area contributed by atoms with Gasteiger partial charge in [0.05, 0.1) is 11.9 Å². The van der Waals surface area contributed by atoms with Crippen LogP contribution >= 0.6 is 11.8 Å². The molecule has 1 fully saturated rings. The van der Waals surface area contributed by atoms with Crippen LogP contribution in [0, 0.1) is 0 Å². The highest BCUT2D eigenvalue weighted by molar-refractivity contribution is 7.99. The van der Waals surface area contributed by atoms with Crippen molar-refractivity contribution in [1.82, 2.24) is 9.78 Å². The molecule has 1 atom stereocenters. The molecule has 4 heteroatoms. The van der Waals surface area contributed by atoms with Gasteiger partial charge in [0.15, 0.2) is 0 Å². The van der Waals surface area contributed by atoms with Gasteiger partial charge in [-0.05, 0) is 12.2 Å². The number of aromatic nitrogens is 2. The molecule has 2 rings (SSSR count). The molecule has 1 aromatic rings. The second-order valence-corrected chi connectivity index (χ2v) is 4.26. The maximum atomic E-state index is 4.11. The first-order valence-electron chi connectivity index (χ1n) is 4.17. The van der Waals surface area contributed by atoms with Crippen LogP contribution in [0.25, 0.3) is 0 Å². The van der Waals surface area contributed by atoms with Crippen molar-refractivity contribution < 1.29 is 0 Å². The number of hydrogen-bond donors (Lipinski definition) is 1. The fourth-order valence-corrected chi connectivity index (χ4v) is 2.53. The van der Waals surface area contributed by atoms with Crippen LogP contribution in [0.2, 0.25) is 0 Å². The maximum absolute atomic E-state index is 4.11. The summed E-state index contributed by atoms with van der Waals surface area (Å²) in [7, 11) is 1.94. The van der Waals surface area contributed by atoms with Crippen LogP contribution < -0.4 is 5.32 Å². The Balaban J connectivity index is 1.94. The van der Waals surface area contributed by atoms with Gasteiger partial charge < -0.3 is 5.32 Å². The molecule has 0 unspecified atom stereocenters. The molecule has 1 aliphatic rings. The molecule has 12 heavy (non-hydrogen) atoms. The summed E-state index contributed by atoms with van der Waals surface area (Å²) in [5.41, 5.74) is 1.14. The standard InChI is InChI=1S/C8H13N3S/c1-11-5-8(4-9-11)10-7-2-3-12-6-7/h4-5,7,10H,2-3,6H2,1H3/t7-/m1/s1. The Kier molecular flexibility index (Phi) is 2.26. The zero-order valence-corrected chi connectivity index (χ0v) is 7.97. The monoisotopic (exact) mass is 183 g/mol. The number of nitrogens with one attached hydrogen (secondary N) is 1. The fraction of sp³-hybridized carbons (Fsp3) is 0.625.